The minimum atomic E-state index is -0.332. The number of halogens is 2. The van der Waals surface area contributed by atoms with Crippen LogP contribution in [0.4, 0.5) is 0 Å². The van der Waals surface area contributed by atoms with E-state index in [-0.39, 0.29) is 22.4 Å². The van der Waals surface area contributed by atoms with Crippen LogP contribution in [0, 0.1) is 0 Å². The highest BCUT2D eigenvalue weighted by atomic mass is 35.5. The van der Waals surface area contributed by atoms with Crippen LogP contribution in [0.2, 0.25) is 10.0 Å². The summed E-state index contributed by atoms with van der Waals surface area (Å²) in [6.07, 6.45) is 1.47. The summed E-state index contributed by atoms with van der Waals surface area (Å²) in [4.78, 5) is 26.9. The van der Waals surface area contributed by atoms with Gasteiger partial charge in [-0.3, -0.25) is 15.0 Å². The number of carbonyl (C=O) groups excluding carboxylic acids is 2. The lowest BCUT2D eigenvalue weighted by Gasteiger charge is -2.10. The lowest BCUT2D eigenvalue weighted by Crippen LogP contribution is -2.36. The Kier molecular flexibility index (Phi) is 4.67. The summed E-state index contributed by atoms with van der Waals surface area (Å²) in [6.45, 7) is 0. The molecule has 2 rings (SSSR count). The zero-order chi connectivity index (χ0) is 15.6. The van der Waals surface area contributed by atoms with Gasteiger partial charge in [-0.25, -0.2) is 5.01 Å². The van der Waals surface area contributed by atoms with Gasteiger partial charge in [-0.05, 0) is 24.3 Å². The standard InChI is InChI=1S/C14H13Cl2N3O2/c1-19(2)18-14(21)12-5-8(7-17-12)13(20)10-4-3-9(15)6-11(10)16/h3-7,17H,1-2H3,(H,18,21). The van der Waals surface area contributed by atoms with Crippen molar-refractivity contribution in [2.75, 3.05) is 14.1 Å². The predicted molar refractivity (Wildman–Crippen MR) is 81.8 cm³/mol. The number of hydrogen-bond acceptors (Lipinski definition) is 3. The summed E-state index contributed by atoms with van der Waals surface area (Å²) < 4.78 is 0. The van der Waals surface area contributed by atoms with Crippen LogP contribution in [-0.2, 0) is 0 Å². The van der Waals surface area contributed by atoms with E-state index in [0.29, 0.717) is 16.1 Å². The third-order valence-corrected chi connectivity index (χ3v) is 3.24. The van der Waals surface area contributed by atoms with Crippen molar-refractivity contribution in [3.05, 3.63) is 57.3 Å². The van der Waals surface area contributed by atoms with Gasteiger partial charge in [0, 0.05) is 36.4 Å². The number of rotatable bonds is 4. The van der Waals surface area contributed by atoms with Crippen molar-refractivity contribution in [2.45, 2.75) is 0 Å². The predicted octanol–water partition coefficient (Wildman–Crippen LogP) is 2.76. The van der Waals surface area contributed by atoms with Crippen molar-refractivity contribution >= 4 is 34.9 Å². The number of nitrogens with one attached hydrogen (secondary N) is 2. The summed E-state index contributed by atoms with van der Waals surface area (Å²) in [5.41, 5.74) is 3.55. The molecule has 110 valence electrons. The molecule has 0 aliphatic carbocycles. The minimum absolute atomic E-state index is 0.271. The average molecular weight is 326 g/mol. The number of benzene rings is 1. The highest BCUT2D eigenvalue weighted by Crippen LogP contribution is 2.23. The smallest absolute Gasteiger partial charge is 0.281 e. The van der Waals surface area contributed by atoms with Gasteiger partial charge in [-0.1, -0.05) is 23.2 Å². The zero-order valence-electron chi connectivity index (χ0n) is 11.4. The number of nitrogens with zero attached hydrogens (tertiary/aromatic N) is 1. The van der Waals surface area contributed by atoms with E-state index < -0.39 is 0 Å². The first-order chi connectivity index (χ1) is 9.88. The van der Waals surface area contributed by atoms with Gasteiger partial charge in [0.05, 0.1) is 5.02 Å². The Morgan fingerprint density at radius 3 is 2.52 bits per heavy atom. The SMILES string of the molecule is CN(C)NC(=O)c1cc(C(=O)c2ccc(Cl)cc2Cl)c[nH]1. The average Bonchev–Trinajstić information content (AvgIpc) is 2.86. The molecule has 7 heteroatoms. The first kappa shape index (κ1) is 15.6. The molecule has 2 aromatic rings. The van der Waals surface area contributed by atoms with Gasteiger partial charge in [0.15, 0.2) is 5.78 Å². The molecule has 0 saturated heterocycles. The van der Waals surface area contributed by atoms with Gasteiger partial charge in [-0.2, -0.15) is 0 Å². The van der Waals surface area contributed by atoms with E-state index in [9.17, 15) is 9.59 Å². The van der Waals surface area contributed by atoms with Crippen molar-refractivity contribution in [2.24, 2.45) is 0 Å². The number of carbonyl (C=O) groups is 2. The summed E-state index contributed by atoms with van der Waals surface area (Å²) in [5.74, 6) is -0.613. The molecule has 0 spiro atoms. The van der Waals surface area contributed by atoms with Gasteiger partial charge in [-0.15, -0.1) is 0 Å². The molecule has 0 fully saturated rings. The van der Waals surface area contributed by atoms with Crippen molar-refractivity contribution < 1.29 is 9.59 Å². The topological polar surface area (TPSA) is 65.2 Å². The summed E-state index contributed by atoms with van der Waals surface area (Å²) in [5, 5.41) is 2.24. The Balaban J connectivity index is 2.25. The molecule has 2 N–H and O–H groups in total. The Morgan fingerprint density at radius 2 is 1.90 bits per heavy atom. The molecule has 1 aromatic heterocycles. The maximum atomic E-state index is 12.3. The molecule has 0 bridgehead atoms. The molecule has 0 aliphatic heterocycles. The number of aromatic amines is 1. The van der Waals surface area contributed by atoms with E-state index in [1.54, 1.807) is 26.2 Å². The maximum Gasteiger partial charge on any atom is 0.281 e. The van der Waals surface area contributed by atoms with Crippen molar-refractivity contribution in [3.63, 3.8) is 0 Å². The monoisotopic (exact) mass is 325 g/mol. The van der Waals surface area contributed by atoms with Crippen LogP contribution < -0.4 is 5.43 Å². The lowest BCUT2D eigenvalue weighted by atomic mass is 10.1. The van der Waals surface area contributed by atoms with Gasteiger partial charge in [0.25, 0.3) is 5.91 Å². The van der Waals surface area contributed by atoms with E-state index in [2.05, 4.69) is 10.4 Å². The lowest BCUT2D eigenvalue weighted by molar-refractivity contribution is 0.0852. The quantitative estimate of drug-likeness (QED) is 0.671. The fourth-order valence-electron chi connectivity index (χ4n) is 1.75. The second kappa shape index (κ2) is 6.30. The van der Waals surface area contributed by atoms with Crippen LogP contribution in [0.1, 0.15) is 26.4 Å². The van der Waals surface area contributed by atoms with Gasteiger partial charge in [0.2, 0.25) is 0 Å². The zero-order valence-corrected chi connectivity index (χ0v) is 12.9. The van der Waals surface area contributed by atoms with Crippen molar-refractivity contribution in [1.82, 2.24) is 15.4 Å². The molecule has 21 heavy (non-hydrogen) atoms. The third-order valence-electron chi connectivity index (χ3n) is 2.69. The molecule has 1 aromatic carbocycles. The molecule has 0 unspecified atom stereocenters. The van der Waals surface area contributed by atoms with Crippen molar-refractivity contribution in [3.8, 4) is 0 Å². The summed E-state index contributed by atoms with van der Waals surface area (Å²) in [6, 6.07) is 6.13. The molecule has 1 amide bonds. The Labute approximate surface area is 131 Å². The summed E-state index contributed by atoms with van der Waals surface area (Å²) in [7, 11) is 3.39. The van der Waals surface area contributed by atoms with Gasteiger partial charge >= 0.3 is 0 Å². The van der Waals surface area contributed by atoms with E-state index in [1.807, 2.05) is 0 Å². The number of hydrazine groups is 1. The molecule has 5 nitrogen and oxygen atoms in total. The number of amides is 1. The molecular weight excluding hydrogens is 313 g/mol. The van der Waals surface area contributed by atoms with E-state index in [0.717, 1.165) is 0 Å². The van der Waals surface area contributed by atoms with Crippen molar-refractivity contribution in [1.29, 1.82) is 0 Å². The highest BCUT2D eigenvalue weighted by molar-refractivity contribution is 6.37. The number of aromatic nitrogens is 1. The van der Waals surface area contributed by atoms with Crippen LogP contribution in [0.15, 0.2) is 30.5 Å². The highest BCUT2D eigenvalue weighted by Gasteiger charge is 2.17. The first-order valence-electron chi connectivity index (χ1n) is 6.05. The molecule has 0 saturated carbocycles. The van der Waals surface area contributed by atoms with Gasteiger partial charge < -0.3 is 4.98 Å². The van der Waals surface area contributed by atoms with E-state index in [4.69, 9.17) is 23.2 Å². The molecule has 1 heterocycles. The van der Waals surface area contributed by atoms with E-state index in [1.165, 1.54) is 23.3 Å². The maximum absolute atomic E-state index is 12.3. The Bertz CT molecular complexity index is 695. The van der Waals surface area contributed by atoms with Crippen LogP contribution in [0.25, 0.3) is 0 Å². The second-order valence-electron chi connectivity index (χ2n) is 4.59. The molecular formula is C14H13Cl2N3O2. The van der Waals surface area contributed by atoms with Gasteiger partial charge in [0.1, 0.15) is 5.69 Å². The normalized spacial score (nSPS) is 10.7. The summed E-state index contributed by atoms with van der Waals surface area (Å²) >= 11 is 11.8. The first-order valence-corrected chi connectivity index (χ1v) is 6.80. The second-order valence-corrected chi connectivity index (χ2v) is 5.43. The minimum Gasteiger partial charge on any atom is -0.356 e. The molecule has 0 radical (unpaired) electrons. The number of H-pyrrole nitrogens is 1. The fraction of sp³-hybridized carbons (Fsp3) is 0.143. The fourth-order valence-corrected chi connectivity index (χ4v) is 2.24. The van der Waals surface area contributed by atoms with Crippen LogP contribution >= 0.6 is 23.2 Å². The largest absolute Gasteiger partial charge is 0.356 e. The molecule has 0 atom stereocenters. The number of hydrogen-bond donors (Lipinski definition) is 2. The number of ketones is 1. The Morgan fingerprint density at radius 1 is 1.19 bits per heavy atom. The third kappa shape index (κ3) is 3.64. The Hall–Kier alpha value is -1.82. The van der Waals surface area contributed by atoms with E-state index >= 15 is 0 Å². The molecule has 0 aliphatic rings. The van der Waals surface area contributed by atoms with Crippen LogP contribution in [0.5, 0.6) is 0 Å². The van der Waals surface area contributed by atoms with Crippen LogP contribution in [0.3, 0.4) is 0 Å². The van der Waals surface area contributed by atoms with Crippen LogP contribution in [-0.4, -0.2) is 35.8 Å².